The third kappa shape index (κ3) is 3.81. The molecule has 0 atom stereocenters. The van der Waals surface area contributed by atoms with Gasteiger partial charge in [0.25, 0.3) is 11.8 Å². The molecule has 0 bridgehead atoms. The van der Waals surface area contributed by atoms with Gasteiger partial charge in [-0.3, -0.25) is 15.0 Å². The molecule has 0 spiro atoms. The summed E-state index contributed by atoms with van der Waals surface area (Å²) in [5, 5.41) is 4.39. The molecule has 3 rings (SSSR count). The zero-order valence-electron chi connectivity index (χ0n) is 14.3. The molecule has 0 saturated carbocycles. The van der Waals surface area contributed by atoms with Crippen LogP contribution in [0.5, 0.6) is 5.75 Å². The van der Waals surface area contributed by atoms with E-state index in [1.165, 1.54) is 0 Å². The van der Waals surface area contributed by atoms with Gasteiger partial charge in [-0.25, -0.2) is 5.84 Å². The quantitative estimate of drug-likeness (QED) is 0.375. The van der Waals surface area contributed by atoms with Crippen LogP contribution in [0, 0.1) is 6.92 Å². The Morgan fingerprint density at radius 3 is 2.50 bits per heavy atom. The third-order valence-corrected chi connectivity index (χ3v) is 3.92. The molecule has 0 fully saturated rings. The Morgan fingerprint density at radius 1 is 1.00 bits per heavy atom. The lowest BCUT2D eigenvalue weighted by Crippen LogP contribution is -2.34. The third-order valence-electron chi connectivity index (χ3n) is 3.92. The zero-order chi connectivity index (χ0) is 18.5. The average Bonchev–Trinajstić information content (AvgIpc) is 2.65. The molecule has 132 valence electrons. The minimum absolute atomic E-state index is 0.199. The molecule has 6 nitrogen and oxygen atoms in total. The maximum Gasteiger partial charge on any atom is 0.271 e. The van der Waals surface area contributed by atoms with Crippen molar-refractivity contribution in [3.8, 4) is 5.75 Å². The Kier molecular flexibility index (Phi) is 5.15. The second-order valence-corrected chi connectivity index (χ2v) is 5.84. The topological polar surface area (TPSA) is 93.4 Å². The van der Waals surface area contributed by atoms with E-state index in [-0.39, 0.29) is 12.5 Å². The van der Waals surface area contributed by atoms with Crippen LogP contribution in [-0.2, 0) is 4.79 Å². The highest BCUT2D eigenvalue weighted by Crippen LogP contribution is 2.29. The standard InChI is InChI=1S/C20H19N3O3/c1-13-5-4-6-14(11-13)22-20(25)17-9-10-18(26-12-19(24)23-21)16-8-3-2-7-15(16)17/h2-11H,12,21H2,1H3,(H,22,25)(H,23,24). The van der Waals surface area contributed by atoms with Crippen molar-refractivity contribution in [1.29, 1.82) is 0 Å². The predicted octanol–water partition coefficient (Wildman–Crippen LogP) is 2.77. The Hall–Kier alpha value is -3.38. The van der Waals surface area contributed by atoms with Crippen LogP contribution < -0.4 is 21.3 Å². The van der Waals surface area contributed by atoms with Gasteiger partial charge in [-0.15, -0.1) is 0 Å². The molecule has 4 N–H and O–H groups in total. The lowest BCUT2D eigenvalue weighted by molar-refractivity contribution is -0.123. The van der Waals surface area contributed by atoms with Crippen LogP contribution >= 0.6 is 0 Å². The van der Waals surface area contributed by atoms with E-state index >= 15 is 0 Å². The molecule has 0 heterocycles. The number of carbonyl (C=O) groups is 2. The van der Waals surface area contributed by atoms with Crippen molar-refractivity contribution in [2.45, 2.75) is 6.92 Å². The van der Waals surface area contributed by atoms with Crippen molar-refractivity contribution < 1.29 is 14.3 Å². The molecule has 3 aromatic rings. The van der Waals surface area contributed by atoms with E-state index in [1.807, 2.05) is 60.9 Å². The second-order valence-electron chi connectivity index (χ2n) is 5.84. The summed E-state index contributed by atoms with van der Waals surface area (Å²) in [6, 6.07) is 18.4. The van der Waals surface area contributed by atoms with Crippen LogP contribution in [0.25, 0.3) is 10.8 Å². The molecular weight excluding hydrogens is 330 g/mol. The molecule has 0 aliphatic heterocycles. The Balaban J connectivity index is 1.92. The van der Waals surface area contributed by atoms with Crippen LogP contribution in [0.15, 0.2) is 60.7 Å². The number of hydrazine groups is 1. The number of ether oxygens (including phenoxy) is 1. The van der Waals surface area contributed by atoms with Crippen molar-refractivity contribution in [1.82, 2.24) is 5.43 Å². The summed E-state index contributed by atoms with van der Waals surface area (Å²) in [7, 11) is 0. The fourth-order valence-electron chi connectivity index (χ4n) is 2.70. The van der Waals surface area contributed by atoms with Crippen LogP contribution in [0.1, 0.15) is 15.9 Å². The Labute approximate surface area is 150 Å². The highest BCUT2D eigenvalue weighted by Gasteiger charge is 2.14. The number of nitrogens with two attached hydrogens (primary N) is 1. The largest absolute Gasteiger partial charge is 0.483 e. The summed E-state index contributed by atoms with van der Waals surface area (Å²) in [5.41, 5.74) is 4.34. The number of carbonyl (C=O) groups excluding carboxylic acids is 2. The van der Waals surface area contributed by atoms with Gasteiger partial charge in [0.2, 0.25) is 0 Å². The number of amides is 2. The SMILES string of the molecule is Cc1cccc(NC(=O)c2ccc(OCC(=O)NN)c3ccccc23)c1. The van der Waals surface area contributed by atoms with Crippen LogP contribution in [0.2, 0.25) is 0 Å². The highest BCUT2D eigenvalue weighted by atomic mass is 16.5. The average molecular weight is 349 g/mol. The molecule has 0 saturated heterocycles. The molecule has 0 unspecified atom stereocenters. The molecular formula is C20H19N3O3. The molecule has 6 heteroatoms. The van der Waals surface area contributed by atoms with Crippen molar-refractivity contribution in [3.63, 3.8) is 0 Å². The van der Waals surface area contributed by atoms with Gasteiger partial charge >= 0.3 is 0 Å². The van der Waals surface area contributed by atoms with Gasteiger partial charge in [-0.1, -0.05) is 36.4 Å². The Bertz CT molecular complexity index is 969. The number of benzene rings is 3. The minimum atomic E-state index is -0.435. The molecule has 0 aliphatic rings. The molecule has 0 aliphatic carbocycles. The van der Waals surface area contributed by atoms with Gasteiger partial charge in [0.05, 0.1) is 0 Å². The van der Waals surface area contributed by atoms with Gasteiger partial charge in [-0.2, -0.15) is 0 Å². The lowest BCUT2D eigenvalue weighted by Gasteiger charge is -2.12. The second kappa shape index (κ2) is 7.67. The number of rotatable bonds is 5. The lowest BCUT2D eigenvalue weighted by atomic mass is 10.0. The molecule has 2 amide bonds. The van der Waals surface area contributed by atoms with Crippen molar-refractivity contribution >= 4 is 28.3 Å². The van der Waals surface area contributed by atoms with Crippen molar-refractivity contribution in [2.75, 3.05) is 11.9 Å². The van der Waals surface area contributed by atoms with Gasteiger partial charge in [0.15, 0.2) is 6.61 Å². The van der Waals surface area contributed by atoms with E-state index in [2.05, 4.69) is 5.32 Å². The van der Waals surface area contributed by atoms with E-state index in [0.29, 0.717) is 11.3 Å². The summed E-state index contributed by atoms with van der Waals surface area (Å²) in [5.74, 6) is 4.93. The fourth-order valence-corrected chi connectivity index (χ4v) is 2.70. The first-order valence-electron chi connectivity index (χ1n) is 8.10. The molecule has 0 aromatic heterocycles. The summed E-state index contributed by atoms with van der Waals surface area (Å²) < 4.78 is 5.52. The normalized spacial score (nSPS) is 10.4. The number of aryl methyl sites for hydroxylation is 1. The van der Waals surface area contributed by atoms with E-state index < -0.39 is 5.91 Å². The van der Waals surface area contributed by atoms with E-state index in [1.54, 1.807) is 12.1 Å². The minimum Gasteiger partial charge on any atom is -0.483 e. The summed E-state index contributed by atoms with van der Waals surface area (Å²) in [6.07, 6.45) is 0. The van der Waals surface area contributed by atoms with E-state index in [0.717, 1.165) is 22.0 Å². The molecule has 0 radical (unpaired) electrons. The van der Waals surface area contributed by atoms with Gasteiger partial charge < -0.3 is 10.1 Å². The van der Waals surface area contributed by atoms with Gasteiger partial charge in [0, 0.05) is 16.6 Å². The van der Waals surface area contributed by atoms with Crippen LogP contribution in [-0.4, -0.2) is 18.4 Å². The molecule has 26 heavy (non-hydrogen) atoms. The Morgan fingerprint density at radius 2 is 1.77 bits per heavy atom. The first-order valence-corrected chi connectivity index (χ1v) is 8.10. The van der Waals surface area contributed by atoms with Crippen LogP contribution in [0.4, 0.5) is 5.69 Å². The number of hydrogen-bond donors (Lipinski definition) is 3. The number of fused-ring (bicyclic) bond motifs is 1. The molecule has 3 aromatic carbocycles. The first-order chi connectivity index (χ1) is 12.6. The maximum atomic E-state index is 12.7. The number of anilines is 1. The van der Waals surface area contributed by atoms with Crippen molar-refractivity contribution in [2.24, 2.45) is 5.84 Å². The van der Waals surface area contributed by atoms with Gasteiger partial charge in [-0.05, 0) is 42.1 Å². The summed E-state index contributed by atoms with van der Waals surface area (Å²) in [4.78, 5) is 24.0. The number of nitrogens with one attached hydrogen (secondary N) is 2. The predicted molar refractivity (Wildman–Crippen MR) is 101 cm³/mol. The van der Waals surface area contributed by atoms with Crippen LogP contribution in [0.3, 0.4) is 0 Å². The summed E-state index contributed by atoms with van der Waals surface area (Å²) in [6.45, 7) is 1.77. The van der Waals surface area contributed by atoms with Crippen molar-refractivity contribution in [3.05, 3.63) is 71.8 Å². The first kappa shape index (κ1) is 17.4. The monoisotopic (exact) mass is 349 g/mol. The highest BCUT2D eigenvalue weighted by molar-refractivity contribution is 6.14. The van der Waals surface area contributed by atoms with E-state index in [4.69, 9.17) is 10.6 Å². The smallest absolute Gasteiger partial charge is 0.271 e. The van der Waals surface area contributed by atoms with Gasteiger partial charge in [0.1, 0.15) is 5.75 Å². The number of hydrogen-bond acceptors (Lipinski definition) is 4. The summed E-state index contributed by atoms with van der Waals surface area (Å²) >= 11 is 0. The maximum absolute atomic E-state index is 12.7. The zero-order valence-corrected chi connectivity index (χ0v) is 14.3. The van der Waals surface area contributed by atoms with E-state index in [9.17, 15) is 9.59 Å². The fraction of sp³-hybridized carbons (Fsp3) is 0.100.